The summed E-state index contributed by atoms with van der Waals surface area (Å²) in [4.78, 5) is 42.1. The summed E-state index contributed by atoms with van der Waals surface area (Å²) < 4.78 is 6.45. The number of amides is 3. The molecule has 7 atom stereocenters. The average Bonchev–Trinajstić information content (AvgIpc) is 3.50. The number of hydrogen-bond donors (Lipinski definition) is 3. The molecule has 1 spiro atoms. The van der Waals surface area contributed by atoms with E-state index >= 15 is 0 Å². The second-order valence-corrected chi connectivity index (χ2v) is 11.0. The van der Waals surface area contributed by atoms with Crippen LogP contribution in [0.3, 0.4) is 0 Å². The van der Waals surface area contributed by atoms with Gasteiger partial charge in [-0.25, -0.2) is 0 Å². The molecule has 8 nitrogen and oxygen atoms in total. The first-order valence-corrected chi connectivity index (χ1v) is 13.2. The number of halogens is 1. The molecule has 2 bridgehead atoms. The first-order valence-electron chi connectivity index (χ1n) is 12.3. The van der Waals surface area contributed by atoms with Crippen LogP contribution < -0.4 is 10.6 Å². The molecular formula is C27H30BrN3O5. The lowest BCUT2D eigenvalue weighted by atomic mass is 9.70. The van der Waals surface area contributed by atoms with Crippen LogP contribution in [0, 0.1) is 11.8 Å². The fraction of sp³-hybridized carbons (Fsp3) is 0.444. The Bertz CT molecular complexity index is 1130. The van der Waals surface area contributed by atoms with E-state index in [0.29, 0.717) is 19.5 Å². The number of ether oxygens (including phenoxy) is 1. The van der Waals surface area contributed by atoms with Gasteiger partial charge in [-0.15, -0.1) is 0 Å². The summed E-state index contributed by atoms with van der Waals surface area (Å²) in [6.45, 7) is 2.04. The van der Waals surface area contributed by atoms with Gasteiger partial charge in [-0.3, -0.25) is 14.4 Å². The van der Waals surface area contributed by atoms with E-state index in [9.17, 15) is 19.5 Å². The fourth-order valence-electron chi connectivity index (χ4n) is 6.01. The predicted molar refractivity (Wildman–Crippen MR) is 136 cm³/mol. The first-order chi connectivity index (χ1) is 17.4. The monoisotopic (exact) mass is 555 g/mol. The third-order valence-electron chi connectivity index (χ3n) is 7.64. The van der Waals surface area contributed by atoms with Gasteiger partial charge in [-0.05, 0) is 24.5 Å². The normalized spacial score (nSPS) is 31.2. The Morgan fingerprint density at radius 1 is 1.06 bits per heavy atom. The van der Waals surface area contributed by atoms with E-state index in [-0.39, 0.29) is 29.2 Å². The summed E-state index contributed by atoms with van der Waals surface area (Å²) in [7, 11) is 0. The lowest BCUT2D eigenvalue weighted by Gasteiger charge is -2.35. The van der Waals surface area contributed by atoms with E-state index in [0.717, 1.165) is 11.1 Å². The molecule has 0 saturated carbocycles. The largest absolute Gasteiger partial charge is 0.394 e. The number of aliphatic hydroxyl groups excluding tert-OH is 1. The maximum Gasteiger partial charge on any atom is 0.246 e. The van der Waals surface area contributed by atoms with Crippen molar-refractivity contribution in [3.63, 3.8) is 0 Å². The van der Waals surface area contributed by atoms with Crippen molar-refractivity contribution in [2.45, 2.75) is 55.0 Å². The van der Waals surface area contributed by atoms with Crippen LogP contribution in [-0.4, -0.2) is 63.0 Å². The van der Waals surface area contributed by atoms with Crippen LogP contribution in [0.2, 0.25) is 0 Å². The van der Waals surface area contributed by atoms with Crippen LogP contribution in [0.1, 0.15) is 24.5 Å². The van der Waals surface area contributed by atoms with E-state index in [4.69, 9.17) is 4.74 Å². The number of aliphatic hydroxyl groups is 1. The quantitative estimate of drug-likeness (QED) is 0.430. The van der Waals surface area contributed by atoms with Crippen molar-refractivity contribution < 1.29 is 24.2 Å². The molecule has 36 heavy (non-hydrogen) atoms. The molecule has 3 unspecified atom stereocenters. The zero-order valence-corrected chi connectivity index (χ0v) is 21.6. The molecular weight excluding hydrogens is 526 g/mol. The molecule has 0 radical (unpaired) electrons. The van der Waals surface area contributed by atoms with Crippen molar-refractivity contribution in [1.29, 1.82) is 0 Å². The summed E-state index contributed by atoms with van der Waals surface area (Å²) in [5, 5.41) is 15.9. The molecule has 2 aromatic carbocycles. The van der Waals surface area contributed by atoms with Gasteiger partial charge in [0.1, 0.15) is 11.6 Å². The molecule has 3 aliphatic rings. The van der Waals surface area contributed by atoms with Crippen molar-refractivity contribution in [1.82, 2.24) is 15.5 Å². The summed E-state index contributed by atoms with van der Waals surface area (Å²) in [6.07, 6.45) is -0.0973. The fourth-order valence-corrected chi connectivity index (χ4v) is 6.96. The van der Waals surface area contributed by atoms with Gasteiger partial charge >= 0.3 is 0 Å². The first kappa shape index (κ1) is 24.9. The van der Waals surface area contributed by atoms with Crippen molar-refractivity contribution in [3.8, 4) is 0 Å². The highest BCUT2D eigenvalue weighted by Crippen LogP contribution is 2.60. The number of benzene rings is 2. The van der Waals surface area contributed by atoms with Gasteiger partial charge in [-0.2, -0.15) is 0 Å². The molecule has 3 amide bonds. The second kappa shape index (κ2) is 9.95. The van der Waals surface area contributed by atoms with E-state index in [1.54, 1.807) is 6.92 Å². The molecule has 5 rings (SSSR count). The molecule has 3 heterocycles. The van der Waals surface area contributed by atoms with Gasteiger partial charge in [0.05, 0.1) is 30.6 Å². The van der Waals surface area contributed by atoms with Crippen molar-refractivity contribution >= 4 is 33.7 Å². The lowest BCUT2D eigenvalue weighted by molar-refractivity contribution is -0.145. The summed E-state index contributed by atoms with van der Waals surface area (Å²) in [6, 6.07) is 17.5. The number of nitrogens with one attached hydrogen (secondary N) is 2. The van der Waals surface area contributed by atoms with Crippen LogP contribution in [0.5, 0.6) is 0 Å². The van der Waals surface area contributed by atoms with Crippen LogP contribution in [0.4, 0.5) is 0 Å². The number of likely N-dealkylation sites (tertiary alicyclic amines) is 1. The molecule has 3 fully saturated rings. The van der Waals surface area contributed by atoms with E-state index < -0.39 is 35.6 Å². The Morgan fingerprint density at radius 2 is 1.61 bits per heavy atom. The number of alkyl halides is 1. The molecule has 3 aliphatic heterocycles. The third-order valence-corrected chi connectivity index (χ3v) is 8.48. The topological polar surface area (TPSA) is 108 Å². The van der Waals surface area contributed by atoms with Crippen molar-refractivity contribution in [2.75, 3.05) is 6.61 Å². The minimum absolute atomic E-state index is 0.178. The zero-order chi connectivity index (χ0) is 25.4. The maximum absolute atomic E-state index is 13.8. The molecule has 2 aromatic rings. The number of fused-ring (bicyclic) bond motifs is 1. The summed E-state index contributed by atoms with van der Waals surface area (Å²) in [5.41, 5.74) is 0.736. The standard InChI is InChI=1S/C27H30BrN3O5/c1-16(15-32)31-23(25(34)30-14-18-10-6-3-7-11-18)27-12-19(28)22(36-27)20(21(27)26(31)35)24(33)29-13-17-8-4-2-5-9-17/h2-11,16,19-23,32H,12-15H2,1H3,(H,29,33)(H,30,34)/t16-,19?,20+,21+,22+,23?,27?/m1/s1. The highest BCUT2D eigenvalue weighted by Gasteiger charge is 2.76. The lowest BCUT2D eigenvalue weighted by Crippen LogP contribution is -2.57. The molecule has 3 saturated heterocycles. The minimum atomic E-state index is -1.14. The second-order valence-electron chi connectivity index (χ2n) is 9.85. The van der Waals surface area contributed by atoms with Gasteiger partial charge in [-0.1, -0.05) is 76.6 Å². The zero-order valence-electron chi connectivity index (χ0n) is 20.0. The highest BCUT2D eigenvalue weighted by atomic mass is 79.9. The van der Waals surface area contributed by atoms with Crippen molar-refractivity contribution in [2.24, 2.45) is 11.8 Å². The van der Waals surface area contributed by atoms with Gasteiger partial charge in [0.25, 0.3) is 0 Å². The SMILES string of the molecule is C[C@H](CO)N1C(=O)[C@@H]2[C@H](C(=O)NCc3ccccc3)[C@H]3OC2(CC3Br)C1C(=O)NCc1ccccc1. The highest BCUT2D eigenvalue weighted by molar-refractivity contribution is 9.09. The molecule has 9 heteroatoms. The van der Waals surface area contributed by atoms with Crippen molar-refractivity contribution in [3.05, 3.63) is 71.8 Å². The van der Waals surface area contributed by atoms with Gasteiger partial charge in [0.2, 0.25) is 17.7 Å². The van der Waals surface area contributed by atoms with Gasteiger partial charge in [0.15, 0.2) is 0 Å². The summed E-state index contributed by atoms with van der Waals surface area (Å²) >= 11 is 3.66. The van der Waals surface area contributed by atoms with Crippen LogP contribution >= 0.6 is 15.9 Å². The van der Waals surface area contributed by atoms with Crippen LogP contribution in [-0.2, 0) is 32.2 Å². The minimum Gasteiger partial charge on any atom is -0.394 e. The number of carbonyl (C=O) groups is 3. The van der Waals surface area contributed by atoms with E-state index in [1.807, 2.05) is 60.7 Å². The molecule has 3 N–H and O–H groups in total. The predicted octanol–water partition coefficient (Wildman–Crippen LogP) is 1.75. The van der Waals surface area contributed by atoms with Gasteiger partial charge < -0.3 is 25.4 Å². The Hall–Kier alpha value is -2.75. The van der Waals surface area contributed by atoms with Crippen LogP contribution in [0.25, 0.3) is 0 Å². The average molecular weight is 556 g/mol. The molecule has 0 aromatic heterocycles. The van der Waals surface area contributed by atoms with Gasteiger partial charge in [0, 0.05) is 17.9 Å². The van der Waals surface area contributed by atoms with Crippen LogP contribution in [0.15, 0.2) is 60.7 Å². The number of carbonyl (C=O) groups excluding carboxylic acids is 3. The maximum atomic E-state index is 13.8. The Labute approximate surface area is 218 Å². The van der Waals surface area contributed by atoms with E-state index in [1.165, 1.54) is 4.90 Å². The Balaban J connectivity index is 1.42. The molecule has 0 aliphatic carbocycles. The smallest absolute Gasteiger partial charge is 0.246 e. The van der Waals surface area contributed by atoms with E-state index in [2.05, 4.69) is 26.6 Å². The molecule has 190 valence electrons. The Morgan fingerprint density at radius 3 is 2.17 bits per heavy atom. The number of nitrogens with zero attached hydrogens (tertiary/aromatic N) is 1. The summed E-state index contributed by atoms with van der Waals surface area (Å²) in [5.74, 6) is -2.47. The number of rotatable bonds is 8. The number of hydrogen-bond acceptors (Lipinski definition) is 5. The Kier molecular flexibility index (Phi) is 6.89. The third kappa shape index (κ3) is 4.13.